The highest BCUT2D eigenvalue weighted by atomic mass is 35.5. The summed E-state index contributed by atoms with van der Waals surface area (Å²) in [6.45, 7) is 0. The van der Waals surface area contributed by atoms with Crippen LogP contribution in [0.3, 0.4) is 0 Å². The van der Waals surface area contributed by atoms with Crippen LogP contribution in [0.2, 0.25) is 10.0 Å². The van der Waals surface area contributed by atoms with E-state index in [0.717, 1.165) is 17.3 Å². The highest BCUT2D eigenvalue weighted by Gasteiger charge is 2.61. The van der Waals surface area contributed by atoms with Gasteiger partial charge in [0.1, 0.15) is 0 Å². The van der Waals surface area contributed by atoms with Crippen molar-refractivity contribution >= 4 is 63.8 Å². The number of rotatable bonds is 5. The Bertz CT molecular complexity index is 1390. The number of anilines is 1. The first kappa shape index (κ1) is 22.7. The van der Waals surface area contributed by atoms with Crippen molar-refractivity contribution in [3.05, 3.63) is 104 Å². The van der Waals surface area contributed by atoms with Gasteiger partial charge in [0.2, 0.25) is 5.91 Å². The van der Waals surface area contributed by atoms with Crippen molar-refractivity contribution in [3.63, 3.8) is 0 Å². The maximum Gasteiger partial charge on any atom is 0.266 e. The molecule has 1 atom stereocenters. The largest absolute Gasteiger partial charge is 0.369 e. The molecule has 5 nitrogen and oxygen atoms in total. The molecule has 2 aliphatic rings. The Morgan fingerprint density at radius 1 is 0.971 bits per heavy atom. The van der Waals surface area contributed by atoms with Crippen molar-refractivity contribution in [1.82, 2.24) is 0 Å². The fourth-order valence-electron chi connectivity index (χ4n) is 4.82. The second-order valence-corrected chi connectivity index (χ2v) is 9.92. The van der Waals surface area contributed by atoms with Crippen LogP contribution in [0.5, 0.6) is 0 Å². The third kappa shape index (κ3) is 3.45. The molecule has 0 fully saturated rings. The molecule has 3 aromatic carbocycles. The lowest BCUT2D eigenvalue weighted by atomic mass is 9.80. The smallest absolute Gasteiger partial charge is 0.266 e. The normalized spacial score (nSPS) is 19.3. The van der Waals surface area contributed by atoms with E-state index in [0.29, 0.717) is 37.3 Å². The van der Waals surface area contributed by atoms with Crippen LogP contribution in [0.1, 0.15) is 16.7 Å². The minimum atomic E-state index is -1.43. The summed E-state index contributed by atoms with van der Waals surface area (Å²) >= 11 is 13.6. The average molecular weight is 509 g/mol. The lowest BCUT2D eigenvalue weighted by Crippen LogP contribution is -2.49. The molecule has 1 aliphatic carbocycles. The first-order chi connectivity index (χ1) is 16.3. The number of hydrogen-bond donors (Lipinski definition) is 1. The zero-order valence-electron chi connectivity index (χ0n) is 17.8. The number of carbonyl (C=O) groups is 3. The number of ketones is 1. The predicted octanol–water partition coefficient (Wildman–Crippen LogP) is 4.99. The topological polar surface area (TPSA) is 80.5 Å². The Hall–Kier alpha value is -3.06. The van der Waals surface area contributed by atoms with Gasteiger partial charge >= 0.3 is 0 Å². The van der Waals surface area contributed by atoms with E-state index in [1.807, 2.05) is 30.3 Å². The molecule has 0 saturated carbocycles. The van der Waals surface area contributed by atoms with Gasteiger partial charge in [0, 0.05) is 27.7 Å². The van der Waals surface area contributed by atoms with Crippen molar-refractivity contribution in [2.45, 2.75) is 12.0 Å². The number of hydrogen-bond acceptors (Lipinski definition) is 4. The lowest BCUT2D eigenvalue weighted by molar-refractivity contribution is -0.123. The molecule has 0 aromatic heterocycles. The summed E-state index contributed by atoms with van der Waals surface area (Å²) in [5, 5.41) is 0.942. The number of benzene rings is 3. The summed E-state index contributed by atoms with van der Waals surface area (Å²) in [5.74, 6) is -1.20. The monoisotopic (exact) mass is 508 g/mol. The van der Waals surface area contributed by atoms with Gasteiger partial charge in [-0.25, -0.2) is 0 Å². The lowest BCUT2D eigenvalue weighted by Gasteiger charge is -2.37. The first-order valence-electron chi connectivity index (χ1n) is 10.5. The van der Waals surface area contributed by atoms with Crippen LogP contribution in [0, 0.1) is 0 Å². The van der Waals surface area contributed by atoms with Crippen molar-refractivity contribution in [2.24, 2.45) is 5.73 Å². The summed E-state index contributed by atoms with van der Waals surface area (Å²) in [4.78, 5) is 41.6. The van der Waals surface area contributed by atoms with Crippen molar-refractivity contribution in [1.29, 1.82) is 0 Å². The zero-order chi connectivity index (χ0) is 24.0. The van der Waals surface area contributed by atoms with Gasteiger partial charge < -0.3 is 5.73 Å². The van der Waals surface area contributed by atoms with Gasteiger partial charge in [0.25, 0.3) is 5.91 Å². The zero-order valence-corrected chi connectivity index (χ0v) is 20.1. The van der Waals surface area contributed by atoms with Gasteiger partial charge in [-0.2, -0.15) is 0 Å². The Morgan fingerprint density at radius 3 is 2.41 bits per heavy atom. The van der Waals surface area contributed by atoms with E-state index in [1.54, 1.807) is 42.5 Å². The quantitative estimate of drug-likeness (QED) is 0.526. The minimum Gasteiger partial charge on any atom is -0.369 e. The Kier molecular flexibility index (Phi) is 5.76. The summed E-state index contributed by atoms with van der Waals surface area (Å²) < 4.78 is 0. The molecule has 5 rings (SSSR count). The van der Waals surface area contributed by atoms with Gasteiger partial charge in [-0.05, 0) is 47.0 Å². The molecule has 0 radical (unpaired) electrons. The van der Waals surface area contributed by atoms with E-state index in [2.05, 4.69) is 0 Å². The molecule has 34 heavy (non-hydrogen) atoms. The van der Waals surface area contributed by atoms with Crippen LogP contribution in [0.15, 0.2) is 77.7 Å². The number of fused-ring (bicyclic) bond motifs is 2. The minimum absolute atomic E-state index is 0.0987. The molecule has 0 bridgehead atoms. The number of nitrogens with two attached hydrogens (primary N) is 1. The van der Waals surface area contributed by atoms with Gasteiger partial charge in [0.05, 0.1) is 10.7 Å². The standard InChI is InChI=1S/C26H18Cl2N2O3S/c27-17-7-4-8-19(13-17)30-25(33)24(34-14-22(29)32)23(15-5-2-1-3-6-15)26(30)20-10-9-18(28)11-16(20)12-21(26)31/h1-11,13H,12,14H2,(H2,29,32). The van der Waals surface area contributed by atoms with Crippen molar-refractivity contribution in [3.8, 4) is 0 Å². The molecule has 1 aliphatic heterocycles. The number of primary amides is 1. The number of nitrogens with zero attached hydrogens (tertiary/aromatic N) is 1. The second kappa shape index (κ2) is 8.62. The van der Waals surface area contributed by atoms with Crippen LogP contribution in [-0.2, 0) is 26.3 Å². The fourth-order valence-corrected chi connectivity index (χ4v) is 6.11. The molecular weight excluding hydrogens is 491 g/mol. The van der Waals surface area contributed by atoms with E-state index < -0.39 is 11.4 Å². The molecular formula is C26H18Cl2N2O3S. The van der Waals surface area contributed by atoms with E-state index >= 15 is 0 Å². The molecule has 170 valence electrons. The number of halogens is 2. The molecule has 1 unspecified atom stereocenters. The van der Waals surface area contributed by atoms with E-state index in [-0.39, 0.29) is 23.9 Å². The van der Waals surface area contributed by atoms with Crippen molar-refractivity contribution in [2.75, 3.05) is 10.7 Å². The van der Waals surface area contributed by atoms with Crippen LogP contribution < -0.4 is 10.6 Å². The summed E-state index contributed by atoms with van der Waals surface area (Å²) in [5.41, 5.74) is 7.17. The van der Waals surface area contributed by atoms with Crippen molar-refractivity contribution < 1.29 is 14.4 Å². The van der Waals surface area contributed by atoms with Crippen LogP contribution in [0.25, 0.3) is 5.57 Å². The fraction of sp³-hybridized carbons (Fsp3) is 0.115. The summed E-state index contributed by atoms with van der Waals surface area (Å²) in [7, 11) is 0. The number of thioether (sulfide) groups is 1. The highest BCUT2D eigenvalue weighted by molar-refractivity contribution is 8.04. The highest BCUT2D eigenvalue weighted by Crippen LogP contribution is 2.57. The van der Waals surface area contributed by atoms with Crippen LogP contribution in [-0.4, -0.2) is 23.4 Å². The number of carbonyl (C=O) groups excluding carboxylic acids is 3. The number of amides is 2. The Labute approximate surface area is 210 Å². The average Bonchev–Trinajstić information content (AvgIpc) is 3.23. The van der Waals surface area contributed by atoms with E-state index in [4.69, 9.17) is 28.9 Å². The molecule has 1 spiro atoms. The molecule has 8 heteroatoms. The molecule has 2 amide bonds. The third-order valence-electron chi connectivity index (χ3n) is 6.02. The molecule has 1 heterocycles. The van der Waals surface area contributed by atoms with E-state index in [9.17, 15) is 14.4 Å². The van der Waals surface area contributed by atoms with Gasteiger partial charge in [0.15, 0.2) is 11.3 Å². The second-order valence-electron chi connectivity index (χ2n) is 8.06. The SMILES string of the molecule is NC(=O)CSC1=C(c2ccccc2)C2(C(=O)Cc3cc(Cl)ccc32)N(c2cccc(Cl)c2)C1=O. The van der Waals surface area contributed by atoms with E-state index in [1.165, 1.54) is 4.90 Å². The first-order valence-corrected chi connectivity index (χ1v) is 12.2. The molecule has 0 saturated heterocycles. The van der Waals surface area contributed by atoms with Crippen LogP contribution in [0.4, 0.5) is 5.69 Å². The summed E-state index contributed by atoms with van der Waals surface area (Å²) in [6.07, 6.45) is 0.115. The Morgan fingerprint density at radius 2 is 1.71 bits per heavy atom. The van der Waals surface area contributed by atoms with Gasteiger partial charge in [-0.3, -0.25) is 19.3 Å². The van der Waals surface area contributed by atoms with Gasteiger partial charge in [-0.15, -0.1) is 11.8 Å². The predicted molar refractivity (Wildman–Crippen MR) is 136 cm³/mol. The maximum atomic E-state index is 14.1. The van der Waals surface area contributed by atoms with Crippen LogP contribution >= 0.6 is 35.0 Å². The molecule has 2 N–H and O–H groups in total. The molecule has 3 aromatic rings. The summed E-state index contributed by atoms with van der Waals surface area (Å²) in [6, 6.07) is 21.4. The number of Topliss-reactive ketones (excluding diaryl/α,β-unsaturated/α-hetero) is 1. The Balaban J connectivity index is 1.87. The van der Waals surface area contributed by atoms with Gasteiger partial charge in [-0.1, -0.05) is 65.7 Å². The third-order valence-corrected chi connectivity index (χ3v) is 7.59. The maximum absolute atomic E-state index is 14.1.